The van der Waals surface area contributed by atoms with Gasteiger partial charge in [0.15, 0.2) is 0 Å². The van der Waals surface area contributed by atoms with Crippen LogP contribution in [0.5, 0.6) is 0 Å². The number of hydrogen-bond donors (Lipinski definition) is 0. The minimum absolute atomic E-state index is 0.0337. The van der Waals surface area contributed by atoms with Crippen molar-refractivity contribution in [3.63, 3.8) is 0 Å². The molecular weight excluding hydrogens is 290 g/mol. The van der Waals surface area contributed by atoms with Crippen LogP contribution in [0, 0.1) is 15.5 Å². The molecule has 0 aliphatic heterocycles. The van der Waals surface area contributed by atoms with Gasteiger partial charge in [0, 0.05) is 4.92 Å². The SMILES string of the molecule is CCOC(=O)C1(C(=O)OCC)[C@H](c2ccccc2)[C@H]1[N+](=O)[O-]. The fourth-order valence-electron chi connectivity index (χ4n) is 2.84. The number of ether oxygens (including phenoxy) is 2. The largest absolute Gasteiger partial charge is 0.465 e. The summed E-state index contributed by atoms with van der Waals surface area (Å²) in [4.78, 5) is 35.4. The second-order valence-electron chi connectivity index (χ2n) is 4.93. The summed E-state index contributed by atoms with van der Waals surface area (Å²) in [5.74, 6) is -2.67. The first kappa shape index (κ1) is 15.9. The minimum atomic E-state index is -1.89. The quantitative estimate of drug-likeness (QED) is 0.342. The Hall–Kier alpha value is -2.44. The van der Waals surface area contributed by atoms with Crippen molar-refractivity contribution < 1.29 is 24.0 Å². The van der Waals surface area contributed by atoms with Crippen LogP contribution in [0.3, 0.4) is 0 Å². The van der Waals surface area contributed by atoms with Crippen LogP contribution in [-0.4, -0.2) is 36.1 Å². The zero-order chi connectivity index (χ0) is 16.3. The Bertz CT molecular complexity index is 567. The number of rotatable bonds is 6. The molecule has 0 amide bonds. The molecule has 0 spiro atoms. The number of carbonyl (C=O) groups is 2. The van der Waals surface area contributed by atoms with Crippen LogP contribution in [0.1, 0.15) is 25.3 Å². The van der Waals surface area contributed by atoms with E-state index in [9.17, 15) is 19.7 Å². The fourth-order valence-corrected chi connectivity index (χ4v) is 2.84. The summed E-state index contributed by atoms with van der Waals surface area (Å²) in [6.07, 6.45) is 0. The van der Waals surface area contributed by atoms with E-state index in [-0.39, 0.29) is 13.2 Å². The second-order valence-corrected chi connectivity index (χ2v) is 4.93. The highest BCUT2D eigenvalue weighted by molar-refractivity contribution is 6.06. The molecule has 0 saturated heterocycles. The van der Waals surface area contributed by atoms with Crippen LogP contribution < -0.4 is 0 Å². The van der Waals surface area contributed by atoms with E-state index in [1.165, 1.54) is 0 Å². The predicted octanol–water partition coefficient (Wildman–Crippen LogP) is 1.54. The third-order valence-corrected chi connectivity index (χ3v) is 3.78. The van der Waals surface area contributed by atoms with Crippen LogP contribution in [0.25, 0.3) is 0 Å². The molecule has 0 aromatic heterocycles. The summed E-state index contributed by atoms with van der Waals surface area (Å²) in [5, 5.41) is 11.4. The Labute approximate surface area is 127 Å². The number of benzene rings is 1. The molecule has 1 aromatic rings. The van der Waals surface area contributed by atoms with Gasteiger partial charge in [0.2, 0.25) is 11.5 Å². The summed E-state index contributed by atoms with van der Waals surface area (Å²) in [5.41, 5.74) is -1.35. The Morgan fingerprint density at radius 1 is 1.14 bits per heavy atom. The molecular formula is C15H17NO6. The van der Waals surface area contributed by atoms with E-state index < -0.39 is 34.2 Å². The maximum Gasteiger partial charge on any atom is 0.331 e. The molecule has 1 aromatic carbocycles. The van der Waals surface area contributed by atoms with Crippen LogP contribution in [0.2, 0.25) is 0 Å². The molecule has 1 fully saturated rings. The maximum atomic E-state index is 12.3. The van der Waals surface area contributed by atoms with E-state index >= 15 is 0 Å². The summed E-state index contributed by atoms with van der Waals surface area (Å²) in [6, 6.07) is 7.09. The van der Waals surface area contributed by atoms with Crippen LogP contribution >= 0.6 is 0 Å². The molecule has 118 valence electrons. The van der Waals surface area contributed by atoms with Gasteiger partial charge in [-0.2, -0.15) is 0 Å². The van der Waals surface area contributed by atoms with Gasteiger partial charge in [0.05, 0.1) is 19.1 Å². The van der Waals surface area contributed by atoms with E-state index in [0.29, 0.717) is 5.56 Å². The van der Waals surface area contributed by atoms with Crippen molar-refractivity contribution in [2.75, 3.05) is 13.2 Å². The minimum Gasteiger partial charge on any atom is -0.465 e. The summed E-state index contributed by atoms with van der Waals surface area (Å²) in [7, 11) is 0. The van der Waals surface area contributed by atoms with E-state index in [1.54, 1.807) is 44.2 Å². The summed E-state index contributed by atoms with van der Waals surface area (Å²) >= 11 is 0. The lowest BCUT2D eigenvalue weighted by Crippen LogP contribution is -2.35. The van der Waals surface area contributed by atoms with Gasteiger partial charge in [0.25, 0.3) is 0 Å². The van der Waals surface area contributed by atoms with Crippen LogP contribution in [0.15, 0.2) is 30.3 Å². The summed E-state index contributed by atoms with van der Waals surface area (Å²) in [6.45, 7) is 3.23. The zero-order valence-electron chi connectivity index (χ0n) is 12.4. The first-order chi connectivity index (χ1) is 10.5. The molecule has 22 heavy (non-hydrogen) atoms. The Morgan fingerprint density at radius 2 is 1.64 bits per heavy atom. The third kappa shape index (κ3) is 2.32. The average Bonchev–Trinajstić information content (AvgIpc) is 3.20. The van der Waals surface area contributed by atoms with Crippen LogP contribution in [0.4, 0.5) is 0 Å². The highest BCUT2D eigenvalue weighted by Crippen LogP contribution is 2.62. The normalized spacial score (nSPS) is 21.7. The van der Waals surface area contributed by atoms with E-state index in [4.69, 9.17) is 9.47 Å². The van der Waals surface area contributed by atoms with Crippen molar-refractivity contribution in [2.24, 2.45) is 5.41 Å². The number of carbonyl (C=O) groups excluding carboxylic acids is 2. The second kappa shape index (κ2) is 6.13. The summed E-state index contributed by atoms with van der Waals surface area (Å²) < 4.78 is 9.85. The fraction of sp³-hybridized carbons (Fsp3) is 0.467. The lowest BCUT2D eigenvalue weighted by Gasteiger charge is -2.13. The maximum absolute atomic E-state index is 12.3. The van der Waals surface area contributed by atoms with Crippen LogP contribution in [-0.2, 0) is 19.1 Å². The van der Waals surface area contributed by atoms with Gasteiger partial charge in [-0.25, -0.2) is 0 Å². The van der Waals surface area contributed by atoms with E-state index in [2.05, 4.69) is 0 Å². The van der Waals surface area contributed by atoms with E-state index in [0.717, 1.165) is 0 Å². The number of nitrogens with zero attached hydrogens (tertiary/aromatic N) is 1. The average molecular weight is 307 g/mol. The van der Waals surface area contributed by atoms with Gasteiger partial charge in [-0.15, -0.1) is 0 Å². The highest BCUT2D eigenvalue weighted by Gasteiger charge is 2.85. The first-order valence-electron chi connectivity index (χ1n) is 7.04. The lowest BCUT2D eigenvalue weighted by atomic mass is 9.99. The van der Waals surface area contributed by atoms with Crippen molar-refractivity contribution in [1.82, 2.24) is 0 Å². The number of hydrogen-bond acceptors (Lipinski definition) is 6. The van der Waals surface area contributed by atoms with Gasteiger partial charge in [-0.05, 0) is 19.4 Å². The molecule has 0 radical (unpaired) electrons. The molecule has 0 bridgehead atoms. The molecule has 7 heteroatoms. The predicted molar refractivity (Wildman–Crippen MR) is 75.7 cm³/mol. The van der Waals surface area contributed by atoms with Crippen molar-refractivity contribution in [3.05, 3.63) is 46.0 Å². The molecule has 2 atom stereocenters. The molecule has 7 nitrogen and oxygen atoms in total. The van der Waals surface area contributed by atoms with Crippen molar-refractivity contribution in [2.45, 2.75) is 25.8 Å². The smallest absolute Gasteiger partial charge is 0.331 e. The van der Waals surface area contributed by atoms with Gasteiger partial charge < -0.3 is 9.47 Å². The monoisotopic (exact) mass is 307 g/mol. The lowest BCUT2D eigenvalue weighted by molar-refractivity contribution is -0.501. The molecule has 1 saturated carbocycles. The van der Waals surface area contributed by atoms with Gasteiger partial charge in [0.1, 0.15) is 0 Å². The van der Waals surface area contributed by atoms with Crippen molar-refractivity contribution >= 4 is 11.9 Å². The Morgan fingerprint density at radius 3 is 2.05 bits per heavy atom. The standard InChI is InChI=1S/C15H17NO6/c1-3-21-13(17)15(14(18)22-4-2)11(12(15)16(19)20)10-8-6-5-7-9-10/h5-9,11-12H,3-4H2,1-2H3/t11-,12-/m1/s1. The topological polar surface area (TPSA) is 95.7 Å². The first-order valence-corrected chi connectivity index (χ1v) is 7.04. The molecule has 0 unspecified atom stereocenters. The Kier molecular flexibility index (Phi) is 4.44. The van der Waals surface area contributed by atoms with Gasteiger partial charge in [-0.1, -0.05) is 30.3 Å². The van der Waals surface area contributed by atoms with E-state index in [1.807, 2.05) is 0 Å². The molecule has 1 aliphatic carbocycles. The third-order valence-electron chi connectivity index (χ3n) is 3.78. The number of nitro groups is 1. The molecule has 2 rings (SSSR count). The van der Waals surface area contributed by atoms with Crippen molar-refractivity contribution in [1.29, 1.82) is 0 Å². The Balaban J connectivity index is 2.48. The van der Waals surface area contributed by atoms with Crippen molar-refractivity contribution in [3.8, 4) is 0 Å². The molecule has 1 aliphatic rings. The molecule has 0 heterocycles. The van der Waals surface area contributed by atoms with Gasteiger partial charge >= 0.3 is 11.9 Å². The molecule has 0 N–H and O–H groups in total. The zero-order valence-corrected chi connectivity index (χ0v) is 12.4. The highest BCUT2D eigenvalue weighted by atomic mass is 16.6. The number of esters is 2. The van der Waals surface area contributed by atoms with Gasteiger partial charge in [-0.3, -0.25) is 19.7 Å².